The van der Waals surface area contributed by atoms with Gasteiger partial charge in [-0.1, -0.05) is 56.7 Å². The number of hydrogen-bond donors (Lipinski definition) is 1. The molecular weight excluding hydrogens is 288 g/mol. The summed E-state index contributed by atoms with van der Waals surface area (Å²) in [5, 5.41) is 4.44. The van der Waals surface area contributed by atoms with Crippen LogP contribution in [0, 0.1) is 0 Å². The van der Waals surface area contributed by atoms with E-state index in [9.17, 15) is 0 Å². The van der Waals surface area contributed by atoms with E-state index in [-0.39, 0.29) is 0 Å². The zero-order chi connectivity index (χ0) is 15.2. The smallest absolute Gasteiger partial charge is 0.173 e. The Hall–Kier alpha value is -1.09. The average molecular weight is 317 g/mol. The van der Waals surface area contributed by atoms with Gasteiger partial charge in [0.25, 0.3) is 0 Å². The molecule has 1 aromatic rings. The molecule has 0 aliphatic heterocycles. The van der Waals surface area contributed by atoms with E-state index in [1.54, 1.807) is 0 Å². The van der Waals surface area contributed by atoms with Gasteiger partial charge in [-0.3, -0.25) is 0 Å². The SMILES string of the molecule is S=C(Nc1ccccc1)N(C1CCCCC1)C1CCCCC1. The first kappa shape index (κ1) is 15.8. The molecule has 0 aromatic heterocycles. The van der Waals surface area contributed by atoms with Gasteiger partial charge in [0, 0.05) is 17.8 Å². The molecule has 22 heavy (non-hydrogen) atoms. The van der Waals surface area contributed by atoms with E-state index in [0.717, 1.165) is 10.8 Å². The molecule has 0 radical (unpaired) electrons. The summed E-state index contributed by atoms with van der Waals surface area (Å²) in [6.07, 6.45) is 13.5. The average Bonchev–Trinajstić information content (AvgIpc) is 2.58. The molecule has 2 nitrogen and oxygen atoms in total. The summed E-state index contributed by atoms with van der Waals surface area (Å²) >= 11 is 5.83. The van der Waals surface area contributed by atoms with Crippen LogP contribution in [-0.4, -0.2) is 22.1 Å². The summed E-state index contributed by atoms with van der Waals surface area (Å²) in [6.45, 7) is 0. The third-order valence-corrected chi connectivity index (χ3v) is 5.51. The predicted molar refractivity (Wildman–Crippen MR) is 98.2 cm³/mol. The lowest BCUT2D eigenvalue weighted by Gasteiger charge is -2.43. The van der Waals surface area contributed by atoms with Crippen LogP contribution in [0.1, 0.15) is 64.2 Å². The Bertz CT molecular complexity index is 444. The number of thiocarbonyl (C=S) groups is 1. The van der Waals surface area contributed by atoms with E-state index < -0.39 is 0 Å². The lowest BCUT2D eigenvalue weighted by Crippen LogP contribution is -2.50. The number of nitrogens with one attached hydrogen (secondary N) is 1. The highest BCUT2D eigenvalue weighted by Gasteiger charge is 2.30. The van der Waals surface area contributed by atoms with Crippen LogP contribution in [-0.2, 0) is 0 Å². The van der Waals surface area contributed by atoms with Crippen molar-refractivity contribution in [3.8, 4) is 0 Å². The number of benzene rings is 1. The molecule has 120 valence electrons. The van der Waals surface area contributed by atoms with Crippen LogP contribution in [0.25, 0.3) is 0 Å². The van der Waals surface area contributed by atoms with Gasteiger partial charge >= 0.3 is 0 Å². The van der Waals surface area contributed by atoms with Crippen LogP contribution < -0.4 is 5.32 Å². The molecule has 1 N–H and O–H groups in total. The van der Waals surface area contributed by atoms with Gasteiger partial charge in [-0.2, -0.15) is 0 Å². The van der Waals surface area contributed by atoms with Crippen LogP contribution in [0.2, 0.25) is 0 Å². The minimum absolute atomic E-state index is 0.653. The van der Waals surface area contributed by atoms with Crippen LogP contribution >= 0.6 is 12.2 Å². The molecule has 0 atom stereocenters. The van der Waals surface area contributed by atoms with E-state index in [2.05, 4.69) is 34.5 Å². The molecule has 2 aliphatic rings. The summed E-state index contributed by atoms with van der Waals surface area (Å²) in [5.41, 5.74) is 1.11. The topological polar surface area (TPSA) is 15.3 Å². The van der Waals surface area contributed by atoms with E-state index in [4.69, 9.17) is 12.2 Å². The molecule has 0 spiro atoms. The maximum atomic E-state index is 5.83. The van der Waals surface area contributed by atoms with Crippen LogP contribution in [0.5, 0.6) is 0 Å². The second kappa shape index (κ2) is 7.96. The van der Waals surface area contributed by atoms with Crippen LogP contribution in [0.3, 0.4) is 0 Å². The molecule has 1 aromatic carbocycles. The van der Waals surface area contributed by atoms with Gasteiger partial charge in [0.2, 0.25) is 0 Å². The van der Waals surface area contributed by atoms with Crippen molar-refractivity contribution in [2.45, 2.75) is 76.3 Å². The highest BCUT2D eigenvalue weighted by molar-refractivity contribution is 7.80. The Balaban J connectivity index is 1.72. The molecule has 2 saturated carbocycles. The van der Waals surface area contributed by atoms with Crippen LogP contribution in [0.4, 0.5) is 5.69 Å². The van der Waals surface area contributed by atoms with Crippen molar-refractivity contribution in [1.82, 2.24) is 4.90 Å². The van der Waals surface area contributed by atoms with Crippen molar-refractivity contribution in [3.63, 3.8) is 0 Å². The monoisotopic (exact) mass is 316 g/mol. The van der Waals surface area contributed by atoms with E-state index in [0.29, 0.717) is 12.1 Å². The summed E-state index contributed by atoms with van der Waals surface area (Å²) in [7, 11) is 0. The highest BCUT2D eigenvalue weighted by atomic mass is 32.1. The molecular formula is C19H28N2S. The minimum Gasteiger partial charge on any atom is -0.343 e. The largest absolute Gasteiger partial charge is 0.343 e. The normalized spacial score (nSPS) is 20.5. The third kappa shape index (κ3) is 4.01. The van der Waals surface area contributed by atoms with Crippen molar-refractivity contribution < 1.29 is 0 Å². The van der Waals surface area contributed by atoms with Crippen molar-refractivity contribution >= 4 is 23.0 Å². The maximum absolute atomic E-state index is 5.83. The first-order valence-corrected chi connectivity index (χ1v) is 9.40. The lowest BCUT2D eigenvalue weighted by molar-refractivity contribution is 0.160. The van der Waals surface area contributed by atoms with Crippen molar-refractivity contribution in [2.75, 3.05) is 5.32 Å². The van der Waals surface area contributed by atoms with E-state index in [1.165, 1.54) is 64.2 Å². The molecule has 2 fully saturated rings. The van der Waals surface area contributed by atoms with Gasteiger partial charge < -0.3 is 10.2 Å². The number of nitrogens with zero attached hydrogens (tertiary/aromatic N) is 1. The molecule has 3 heteroatoms. The second-order valence-corrected chi connectivity index (χ2v) is 7.17. The summed E-state index contributed by atoms with van der Waals surface area (Å²) in [6, 6.07) is 11.7. The molecule has 0 unspecified atom stereocenters. The van der Waals surface area contributed by atoms with Crippen molar-refractivity contribution in [3.05, 3.63) is 30.3 Å². The standard InChI is InChI=1S/C19H28N2S/c22-19(20-16-10-4-1-5-11-16)21(17-12-6-2-7-13-17)18-14-8-3-9-15-18/h1,4-5,10-11,17-18H,2-3,6-9,12-15H2,(H,20,22). The quantitative estimate of drug-likeness (QED) is 0.757. The third-order valence-electron chi connectivity index (χ3n) is 5.20. The van der Waals surface area contributed by atoms with Gasteiger partial charge in [0.05, 0.1) is 0 Å². The van der Waals surface area contributed by atoms with Gasteiger partial charge in [-0.25, -0.2) is 0 Å². The molecule has 0 amide bonds. The molecule has 0 bridgehead atoms. The maximum Gasteiger partial charge on any atom is 0.173 e. The minimum atomic E-state index is 0.653. The second-order valence-electron chi connectivity index (χ2n) is 6.79. The first-order chi connectivity index (χ1) is 10.8. The van der Waals surface area contributed by atoms with Crippen molar-refractivity contribution in [2.24, 2.45) is 0 Å². The fourth-order valence-electron chi connectivity index (χ4n) is 4.06. The molecule has 3 rings (SSSR count). The number of para-hydroxylation sites is 1. The zero-order valence-corrected chi connectivity index (χ0v) is 14.3. The Morgan fingerprint density at radius 1 is 0.818 bits per heavy atom. The van der Waals surface area contributed by atoms with Gasteiger partial charge in [-0.15, -0.1) is 0 Å². The van der Waals surface area contributed by atoms with Gasteiger partial charge in [0.1, 0.15) is 0 Å². The number of anilines is 1. The Morgan fingerprint density at radius 2 is 1.32 bits per heavy atom. The fourth-order valence-corrected chi connectivity index (χ4v) is 4.47. The summed E-state index contributed by atoms with van der Waals surface area (Å²) in [4.78, 5) is 2.58. The predicted octanol–water partition coefficient (Wildman–Crippen LogP) is 5.35. The first-order valence-electron chi connectivity index (χ1n) is 8.99. The summed E-state index contributed by atoms with van der Waals surface area (Å²) in [5.74, 6) is 0. The fraction of sp³-hybridized carbons (Fsp3) is 0.632. The summed E-state index contributed by atoms with van der Waals surface area (Å²) < 4.78 is 0. The zero-order valence-electron chi connectivity index (χ0n) is 13.5. The Labute approximate surface area is 140 Å². The lowest BCUT2D eigenvalue weighted by atomic mass is 9.89. The van der Waals surface area contributed by atoms with Gasteiger partial charge in [0.15, 0.2) is 5.11 Å². The van der Waals surface area contributed by atoms with Crippen molar-refractivity contribution in [1.29, 1.82) is 0 Å². The van der Waals surface area contributed by atoms with Gasteiger partial charge in [-0.05, 0) is 50.0 Å². The molecule has 0 heterocycles. The molecule has 2 aliphatic carbocycles. The molecule has 0 saturated heterocycles. The highest BCUT2D eigenvalue weighted by Crippen LogP contribution is 2.30. The Morgan fingerprint density at radius 3 is 1.82 bits per heavy atom. The van der Waals surface area contributed by atoms with Crippen LogP contribution in [0.15, 0.2) is 30.3 Å². The van der Waals surface area contributed by atoms with E-state index in [1.807, 2.05) is 6.07 Å². The number of hydrogen-bond acceptors (Lipinski definition) is 1. The Kier molecular flexibility index (Phi) is 5.71. The number of rotatable bonds is 3. The van der Waals surface area contributed by atoms with E-state index >= 15 is 0 Å².